The van der Waals surface area contributed by atoms with Gasteiger partial charge in [-0.1, -0.05) is 0 Å². The molecule has 0 fully saturated rings. The van der Waals surface area contributed by atoms with Gasteiger partial charge in [0.15, 0.2) is 0 Å². The second-order valence-corrected chi connectivity index (χ2v) is 3.09. The Bertz CT molecular complexity index is 308. The summed E-state index contributed by atoms with van der Waals surface area (Å²) in [6.45, 7) is 1.93. The second-order valence-electron chi connectivity index (χ2n) is 2.24. The lowest BCUT2D eigenvalue weighted by Gasteiger charge is -2.12. The monoisotopic (exact) mass is 165 g/mol. The topological polar surface area (TPSA) is 37.3 Å². The van der Waals surface area contributed by atoms with E-state index in [-0.39, 0.29) is 0 Å². The molecule has 3 nitrogen and oxygen atoms in total. The Labute approximate surface area is 69.1 Å². The van der Waals surface area contributed by atoms with Crippen molar-refractivity contribution in [3.05, 3.63) is 18.5 Å². The third kappa shape index (κ3) is 1.21. The van der Waals surface area contributed by atoms with Crippen LogP contribution in [-0.2, 0) is 0 Å². The van der Waals surface area contributed by atoms with Crippen LogP contribution in [0.2, 0.25) is 0 Å². The molecule has 4 heteroatoms. The van der Waals surface area contributed by atoms with Gasteiger partial charge in [0.2, 0.25) is 0 Å². The molecule has 56 valence electrons. The summed E-state index contributed by atoms with van der Waals surface area (Å²) in [7, 11) is 0. The molecule has 0 saturated carbocycles. The van der Waals surface area contributed by atoms with Crippen molar-refractivity contribution in [2.24, 2.45) is 4.99 Å². The van der Waals surface area contributed by atoms with Crippen LogP contribution in [0.4, 0.5) is 5.69 Å². The molecule has 0 aliphatic carbocycles. The molecule has 0 spiro atoms. The molecule has 1 aromatic heterocycles. The van der Waals surface area contributed by atoms with Crippen LogP contribution in [0.15, 0.2) is 28.3 Å². The molecule has 0 saturated heterocycles. The number of nitrogens with zero attached hydrogens (tertiary/aromatic N) is 2. The molecule has 1 aliphatic rings. The summed E-state index contributed by atoms with van der Waals surface area (Å²) < 4.78 is 3.08. The number of fused-ring (bicyclic) bond motifs is 1. The zero-order chi connectivity index (χ0) is 7.68. The highest BCUT2D eigenvalue weighted by atomic mass is 32.2. The van der Waals surface area contributed by atoms with E-state index in [0.717, 1.165) is 16.4 Å². The zero-order valence-electron chi connectivity index (χ0n) is 6.03. The van der Waals surface area contributed by atoms with E-state index in [1.54, 1.807) is 24.3 Å². The van der Waals surface area contributed by atoms with Crippen molar-refractivity contribution in [3.63, 3.8) is 0 Å². The minimum absolute atomic E-state index is 0.926. The van der Waals surface area contributed by atoms with Crippen LogP contribution in [0.3, 0.4) is 0 Å². The molecule has 0 unspecified atom stereocenters. The largest absolute Gasteiger partial charge is 0.314 e. The molecular formula is C7H7N3S. The van der Waals surface area contributed by atoms with Crippen LogP contribution >= 0.6 is 11.9 Å². The number of rotatable bonds is 0. The van der Waals surface area contributed by atoms with Crippen LogP contribution in [0.25, 0.3) is 0 Å². The summed E-state index contributed by atoms with van der Waals surface area (Å²) in [5.74, 6) is 0.926. The van der Waals surface area contributed by atoms with E-state index in [4.69, 9.17) is 0 Å². The van der Waals surface area contributed by atoms with Crippen molar-refractivity contribution in [1.29, 1.82) is 0 Å². The molecule has 1 N–H and O–H groups in total. The average molecular weight is 165 g/mol. The molecule has 0 atom stereocenters. The van der Waals surface area contributed by atoms with Crippen molar-refractivity contribution >= 4 is 23.5 Å². The molecular weight excluding hydrogens is 158 g/mol. The van der Waals surface area contributed by atoms with Gasteiger partial charge in [-0.3, -0.25) is 4.98 Å². The van der Waals surface area contributed by atoms with Crippen molar-refractivity contribution in [2.45, 2.75) is 11.8 Å². The lowest BCUT2D eigenvalue weighted by molar-refractivity contribution is 1.20. The number of hydrogen-bond acceptors (Lipinski definition) is 4. The molecule has 0 bridgehead atoms. The lowest BCUT2D eigenvalue weighted by atomic mass is 10.4. The fraction of sp³-hybridized carbons (Fsp3) is 0.143. The molecule has 0 amide bonds. The molecule has 0 aromatic carbocycles. The third-order valence-corrected chi connectivity index (χ3v) is 2.32. The molecule has 1 aromatic rings. The minimum Gasteiger partial charge on any atom is -0.314 e. The Morgan fingerprint density at radius 1 is 1.55 bits per heavy atom. The molecule has 0 radical (unpaired) electrons. The number of hydrogen-bond donors (Lipinski definition) is 1. The maximum absolute atomic E-state index is 4.27. The molecule has 1 aliphatic heterocycles. The fourth-order valence-electron chi connectivity index (χ4n) is 0.876. The van der Waals surface area contributed by atoms with Crippen LogP contribution in [0.5, 0.6) is 0 Å². The summed E-state index contributed by atoms with van der Waals surface area (Å²) in [6.07, 6.45) is 3.54. The summed E-state index contributed by atoms with van der Waals surface area (Å²) >= 11 is 1.58. The predicted octanol–water partition coefficient (Wildman–Crippen LogP) is 1.74. The van der Waals surface area contributed by atoms with E-state index >= 15 is 0 Å². The average Bonchev–Trinajstić information content (AvgIpc) is 2.04. The quantitative estimate of drug-likeness (QED) is 0.595. The minimum atomic E-state index is 0.926. The van der Waals surface area contributed by atoms with Gasteiger partial charge in [0.1, 0.15) is 5.84 Å². The normalized spacial score (nSPS) is 14.8. The van der Waals surface area contributed by atoms with Gasteiger partial charge >= 0.3 is 0 Å². The predicted molar refractivity (Wildman–Crippen MR) is 46.0 cm³/mol. The number of nitrogens with one attached hydrogen (secondary N) is 1. The first-order chi connectivity index (χ1) is 5.36. The van der Waals surface area contributed by atoms with Crippen molar-refractivity contribution in [1.82, 2.24) is 9.71 Å². The van der Waals surface area contributed by atoms with E-state index in [1.807, 2.05) is 13.0 Å². The van der Waals surface area contributed by atoms with E-state index in [9.17, 15) is 0 Å². The van der Waals surface area contributed by atoms with Crippen LogP contribution < -0.4 is 4.72 Å². The van der Waals surface area contributed by atoms with Gasteiger partial charge < -0.3 is 4.72 Å². The van der Waals surface area contributed by atoms with Gasteiger partial charge in [0.25, 0.3) is 0 Å². The van der Waals surface area contributed by atoms with Crippen molar-refractivity contribution < 1.29 is 0 Å². The Morgan fingerprint density at radius 3 is 3.36 bits per heavy atom. The van der Waals surface area contributed by atoms with Crippen LogP contribution in [-0.4, -0.2) is 10.8 Å². The number of aromatic nitrogens is 1. The third-order valence-electron chi connectivity index (χ3n) is 1.36. The van der Waals surface area contributed by atoms with Gasteiger partial charge in [-0.2, -0.15) is 0 Å². The standard InChI is InChI=1S/C7H7N3S/c1-5-9-6-4-8-3-2-7(6)11-10-5/h2-4H,1H3,(H,9,10). The highest BCUT2D eigenvalue weighted by Gasteiger charge is 2.07. The number of pyridine rings is 1. The van der Waals surface area contributed by atoms with E-state index in [0.29, 0.717) is 0 Å². The first-order valence-corrected chi connectivity index (χ1v) is 4.10. The maximum Gasteiger partial charge on any atom is 0.109 e. The zero-order valence-corrected chi connectivity index (χ0v) is 6.85. The second kappa shape index (κ2) is 2.54. The van der Waals surface area contributed by atoms with Crippen LogP contribution in [0, 0.1) is 0 Å². The van der Waals surface area contributed by atoms with E-state index < -0.39 is 0 Å². The van der Waals surface area contributed by atoms with Gasteiger partial charge in [0, 0.05) is 6.20 Å². The SMILES string of the molecule is CC1=Nc2cnccc2SN1. The summed E-state index contributed by atoms with van der Waals surface area (Å²) in [5, 5.41) is 0. The fourth-order valence-corrected chi connectivity index (χ4v) is 1.51. The summed E-state index contributed by atoms with van der Waals surface area (Å²) in [4.78, 5) is 9.38. The summed E-state index contributed by atoms with van der Waals surface area (Å²) in [5.41, 5.74) is 0.953. The lowest BCUT2D eigenvalue weighted by Crippen LogP contribution is -2.13. The smallest absolute Gasteiger partial charge is 0.109 e. The first kappa shape index (κ1) is 6.67. The van der Waals surface area contributed by atoms with Crippen molar-refractivity contribution in [2.75, 3.05) is 0 Å². The van der Waals surface area contributed by atoms with Gasteiger partial charge in [0.05, 0.1) is 16.8 Å². The van der Waals surface area contributed by atoms with Crippen LogP contribution in [0.1, 0.15) is 6.92 Å². The summed E-state index contributed by atoms with van der Waals surface area (Å²) in [6, 6.07) is 1.95. The van der Waals surface area contributed by atoms with Crippen molar-refractivity contribution in [3.8, 4) is 0 Å². The number of amidine groups is 1. The molecule has 11 heavy (non-hydrogen) atoms. The Morgan fingerprint density at radius 2 is 2.45 bits per heavy atom. The maximum atomic E-state index is 4.27. The van der Waals surface area contributed by atoms with E-state index in [2.05, 4.69) is 14.7 Å². The first-order valence-electron chi connectivity index (χ1n) is 3.28. The highest BCUT2D eigenvalue weighted by Crippen LogP contribution is 2.29. The van der Waals surface area contributed by atoms with Gasteiger partial charge in [-0.05, 0) is 24.9 Å². The van der Waals surface area contributed by atoms with E-state index in [1.165, 1.54) is 0 Å². The molecule has 2 rings (SSSR count). The highest BCUT2D eigenvalue weighted by molar-refractivity contribution is 7.98. The van der Waals surface area contributed by atoms with Gasteiger partial charge in [-0.25, -0.2) is 4.99 Å². The number of aliphatic imine (C=N–C) groups is 1. The Hall–Kier alpha value is -1.03. The Kier molecular flexibility index (Phi) is 1.54. The Balaban J connectivity index is 2.51. The molecule has 2 heterocycles. The van der Waals surface area contributed by atoms with Gasteiger partial charge in [-0.15, -0.1) is 0 Å².